The topological polar surface area (TPSA) is 47.9 Å². The second-order valence-corrected chi connectivity index (χ2v) is 6.79. The predicted octanol–water partition coefficient (Wildman–Crippen LogP) is 4.20. The van der Waals surface area contributed by atoms with E-state index in [1.807, 2.05) is 23.9 Å². The third-order valence-corrected chi connectivity index (χ3v) is 5.54. The fourth-order valence-electron chi connectivity index (χ4n) is 3.08. The van der Waals surface area contributed by atoms with Gasteiger partial charge < -0.3 is 4.74 Å². The number of methoxy groups -OCH3 is 1. The summed E-state index contributed by atoms with van der Waals surface area (Å²) in [5, 5.41) is 2.42. The molecule has 1 unspecified atom stereocenters. The number of hydrogen-bond donors (Lipinski definition) is 0. The van der Waals surface area contributed by atoms with E-state index in [0.717, 1.165) is 10.4 Å². The number of ether oxygens (including phenoxy) is 1. The zero-order valence-electron chi connectivity index (χ0n) is 12.9. The van der Waals surface area contributed by atoms with Gasteiger partial charge in [0.15, 0.2) is 5.65 Å². The standard InChI is InChI=1S/C18H17N3OS/c1-22-16-10-9-14-17(21-16)19-11-20-18(14)23-15-8-4-6-12-5-2-3-7-13(12)15/h2-3,5,7,9-11,15H,4,6,8H2,1H3. The van der Waals surface area contributed by atoms with Crippen LogP contribution in [0.3, 0.4) is 0 Å². The van der Waals surface area contributed by atoms with Gasteiger partial charge in [-0.25, -0.2) is 9.97 Å². The van der Waals surface area contributed by atoms with Crippen LogP contribution in [-0.4, -0.2) is 22.1 Å². The molecule has 23 heavy (non-hydrogen) atoms. The smallest absolute Gasteiger partial charge is 0.215 e. The van der Waals surface area contributed by atoms with E-state index in [9.17, 15) is 0 Å². The van der Waals surface area contributed by atoms with Crippen LogP contribution in [-0.2, 0) is 6.42 Å². The van der Waals surface area contributed by atoms with Crippen molar-refractivity contribution < 1.29 is 4.74 Å². The summed E-state index contributed by atoms with van der Waals surface area (Å²) in [5.74, 6) is 0.579. The molecule has 0 saturated carbocycles. The molecule has 0 amide bonds. The van der Waals surface area contributed by atoms with E-state index < -0.39 is 0 Å². The molecule has 3 aromatic rings. The molecular formula is C18H17N3OS. The Balaban J connectivity index is 1.71. The van der Waals surface area contributed by atoms with Gasteiger partial charge in [-0.3, -0.25) is 0 Å². The van der Waals surface area contributed by atoms with Crippen molar-refractivity contribution in [2.24, 2.45) is 0 Å². The molecule has 0 saturated heterocycles. The molecule has 116 valence electrons. The molecule has 2 aromatic heterocycles. The number of nitrogens with zero attached hydrogens (tertiary/aromatic N) is 3. The van der Waals surface area contributed by atoms with Crippen molar-refractivity contribution in [3.63, 3.8) is 0 Å². The first-order valence-corrected chi connectivity index (χ1v) is 8.63. The molecule has 0 spiro atoms. The lowest BCUT2D eigenvalue weighted by Gasteiger charge is -2.24. The van der Waals surface area contributed by atoms with Gasteiger partial charge in [0.2, 0.25) is 5.88 Å². The van der Waals surface area contributed by atoms with E-state index in [1.54, 1.807) is 13.4 Å². The highest BCUT2D eigenvalue weighted by Crippen LogP contribution is 2.44. The van der Waals surface area contributed by atoms with E-state index in [0.29, 0.717) is 16.8 Å². The number of fused-ring (bicyclic) bond motifs is 2. The first kappa shape index (κ1) is 14.5. The lowest BCUT2D eigenvalue weighted by molar-refractivity contribution is 0.399. The van der Waals surface area contributed by atoms with E-state index in [-0.39, 0.29) is 0 Å². The van der Waals surface area contributed by atoms with E-state index in [1.165, 1.54) is 30.4 Å². The van der Waals surface area contributed by atoms with Gasteiger partial charge in [0, 0.05) is 11.3 Å². The van der Waals surface area contributed by atoms with E-state index in [2.05, 4.69) is 39.2 Å². The van der Waals surface area contributed by atoms with Crippen LogP contribution in [0.1, 0.15) is 29.2 Å². The Hall–Kier alpha value is -2.14. The monoisotopic (exact) mass is 323 g/mol. The Labute approximate surface area is 139 Å². The number of aromatic nitrogens is 3. The fourth-order valence-corrected chi connectivity index (χ4v) is 4.38. The third kappa shape index (κ3) is 2.77. The molecule has 0 fully saturated rings. The molecule has 1 atom stereocenters. The van der Waals surface area contributed by atoms with Gasteiger partial charge in [0.1, 0.15) is 11.4 Å². The van der Waals surface area contributed by atoms with Crippen molar-refractivity contribution >= 4 is 22.8 Å². The summed E-state index contributed by atoms with van der Waals surface area (Å²) in [4.78, 5) is 13.2. The minimum absolute atomic E-state index is 0.445. The SMILES string of the molecule is COc1ccc2c(SC3CCCc4ccccc43)ncnc2n1. The van der Waals surface area contributed by atoms with Gasteiger partial charge in [-0.2, -0.15) is 4.98 Å². The highest BCUT2D eigenvalue weighted by molar-refractivity contribution is 7.99. The van der Waals surface area contributed by atoms with Crippen LogP contribution in [0.15, 0.2) is 47.8 Å². The molecular weight excluding hydrogens is 306 g/mol. The maximum absolute atomic E-state index is 5.18. The quantitative estimate of drug-likeness (QED) is 0.676. The zero-order valence-corrected chi connectivity index (χ0v) is 13.7. The van der Waals surface area contributed by atoms with Gasteiger partial charge in [0.05, 0.1) is 12.5 Å². The molecule has 0 bridgehead atoms. The van der Waals surface area contributed by atoms with E-state index >= 15 is 0 Å². The summed E-state index contributed by atoms with van der Waals surface area (Å²) in [5.41, 5.74) is 3.59. The summed E-state index contributed by atoms with van der Waals surface area (Å²) in [7, 11) is 1.62. The predicted molar refractivity (Wildman–Crippen MR) is 91.9 cm³/mol. The summed E-state index contributed by atoms with van der Waals surface area (Å²) in [6.07, 6.45) is 5.17. The summed E-state index contributed by atoms with van der Waals surface area (Å²) in [6.45, 7) is 0. The first-order chi connectivity index (χ1) is 11.3. The summed E-state index contributed by atoms with van der Waals surface area (Å²) < 4.78 is 5.18. The van der Waals surface area contributed by atoms with Crippen LogP contribution in [0.4, 0.5) is 0 Å². The van der Waals surface area contributed by atoms with Gasteiger partial charge in [-0.05, 0) is 36.5 Å². The highest BCUT2D eigenvalue weighted by Gasteiger charge is 2.22. The second-order valence-electron chi connectivity index (χ2n) is 5.60. The number of rotatable bonds is 3. The van der Waals surface area contributed by atoms with Crippen LogP contribution in [0, 0.1) is 0 Å². The Kier molecular flexibility index (Phi) is 3.87. The molecule has 5 heteroatoms. The maximum Gasteiger partial charge on any atom is 0.215 e. The lowest BCUT2D eigenvalue weighted by atomic mass is 9.91. The number of thioether (sulfide) groups is 1. The zero-order chi connectivity index (χ0) is 15.6. The van der Waals surface area contributed by atoms with Crippen LogP contribution in [0.25, 0.3) is 11.0 Å². The van der Waals surface area contributed by atoms with Gasteiger partial charge in [-0.1, -0.05) is 36.0 Å². The molecule has 0 radical (unpaired) electrons. The summed E-state index contributed by atoms with van der Waals surface area (Å²) >= 11 is 1.82. The normalized spacial score (nSPS) is 17.0. The Morgan fingerprint density at radius 2 is 2.04 bits per heavy atom. The van der Waals surface area contributed by atoms with Crippen molar-refractivity contribution in [1.29, 1.82) is 0 Å². The average Bonchev–Trinajstić information content (AvgIpc) is 2.62. The van der Waals surface area contributed by atoms with Crippen molar-refractivity contribution in [3.8, 4) is 5.88 Å². The van der Waals surface area contributed by atoms with Crippen LogP contribution >= 0.6 is 11.8 Å². The highest BCUT2D eigenvalue weighted by atomic mass is 32.2. The molecule has 1 aromatic carbocycles. The average molecular weight is 323 g/mol. The maximum atomic E-state index is 5.18. The van der Waals surface area contributed by atoms with Crippen molar-refractivity contribution in [2.75, 3.05) is 7.11 Å². The van der Waals surface area contributed by atoms with Gasteiger partial charge >= 0.3 is 0 Å². The second kappa shape index (κ2) is 6.16. The van der Waals surface area contributed by atoms with Crippen LogP contribution < -0.4 is 4.74 Å². The first-order valence-electron chi connectivity index (χ1n) is 7.75. The molecule has 1 aliphatic carbocycles. The van der Waals surface area contributed by atoms with Crippen molar-refractivity contribution in [2.45, 2.75) is 29.5 Å². The molecule has 4 rings (SSSR count). The number of aryl methyl sites for hydroxylation is 1. The number of pyridine rings is 1. The van der Waals surface area contributed by atoms with Gasteiger partial charge in [-0.15, -0.1) is 0 Å². The van der Waals surface area contributed by atoms with Crippen LogP contribution in [0.5, 0.6) is 5.88 Å². The molecule has 0 N–H and O–H groups in total. The fraction of sp³-hybridized carbons (Fsp3) is 0.278. The number of benzene rings is 1. The summed E-state index contributed by atoms with van der Waals surface area (Å²) in [6, 6.07) is 12.6. The minimum atomic E-state index is 0.445. The van der Waals surface area contributed by atoms with E-state index in [4.69, 9.17) is 4.74 Å². The van der Waals surface area contributed by atoms with Crippen molar-refractivity contribution in [1.82, 2.24) is 15.0 Å². The molecule has 4 nitrogen and oxygen atoms in total. The van der Waals surface area contributed by atoms with Crippen molar-refractivity contribution in [3.05, 3.63) is 53.9 Å². The minimum Gasteiger partial charge on any atom is -0.481 e. The lowest BCUT2D eigenvalue weighted by Crippen LogP contribution is -2.07. The molecule has 2 heterocycles. The molecule has 1 aliphatic rings. The Morgan fingerprint density at radius 3 is 2.96 bits per heavy atom. The largest absolute Gasteiger partial charge is 0.481 e. The molecule has 0 aliphatic heterocycles. The third-order valence-electron chi connectivity index (χ3n) is 4.21. The van der Waals surface area contributed by atoms with Crippen LogP contribution in [0.2, 0.25) is 0 Å². The van der Waals surface area contributed by atoms with Gasteiger partial charge in [0.25, 0.3) is 0 Å². The number of hydrogen-bond acceptors (Lipinski definition) is 5. The Morgan fingerprint density at radius 1 is 1.13 bits per heavy atom. The Bertz CT molecular complexity index is 853.